The fourth-order valence-corrected chi connectivity index (χ4v) is 3.86. The van der Waals surface area contributed by atoms with Gasteiger partial charge in [0, 0.05) is 40.3 Å². The molecule has 2 heterocycles. The van der Waals surface area contributed by atoms with Gasteiger partial charge in [-0.3, -0.25) is 13.8 Å². The van der Waals surface area contributed by atoms with Crippen molar-refractivity contribution >= 4 is 39.2 Å². The van der Waals surface area contributed by atoms with Gasteiger partial charge in [0.15, 0.2) is 0 Å². The van der Waals surface area contributed by atoms with Crippen molar-refractivity contribution in [3.63, 3.8) is 0 Å². The first kappa shape index (κ1) is 20.0. The molecule has 0 radical (unpaired) electrons. The van der Waals surface area contributed by atoms with E-state index in [0.29, 0.717) is 30.2 Å². The van der Waals surface area contributed by atoms with Crippen molar-refractivity contribution in [2.24, 2.45) is 5.10 Å². The molecule has 1 aliphatic rings. The average molecular weight is 423 g/mol. The molecule has 7 nitrogen and oxygen atoms in total. The maximum Gasteiger partial charge on any atom is 0.291 e. The highest BCUT2D eigenvalue weighted by Gasteiger charge is 2.27. The molecule has 8 heteroatoms. The predicted octanol–water partition coefficient (Wildman–Crippen LogP) is 2.00. The minimum atomic E-state index is -0.994. The van der Waals surface area contributed by atoms with Crippen molar-refractivity contribution in [3.05, 3.63) is 71.9 Å². The van der Waals surface area contributed by atoms with Gasteiger partial charge in [-0.05, 0) is 17.7 Å². The van der Waals surface area contributed by atoms with Crippen LogP contribution in [0.5, 0.6) is 0 Å². The number of nitrogens with one attached hydrogen (secondary N) is 1. The first-order valence-electron chi connectivity index (χ1n) is 9.62. The van der Waals surface area contributed by atoms with Gasteiger partial charge in [-0.1, -0.05) is 48.5 Å². The summed E-state index contributed by atoms with van der Waals surface area (Å²) in [6.45, 7) is 0.512. The largest absolute Gasteiger partial charge is 0.354 e. The molecule has 4 rings (SSSR count). The SMILES string of the molecule is C[S@](=O)CCNC(=O)CN1N=C(c2ccccc2)Cn2c(cc3ccccc32)C1=O. The lowest BCUT2D eigenvalue weighted by Crippen LogP contribution is -2.39. The summed E-state index contributed by atoms with van der Waals surface area (Å²) >= 11 is 0. The predicted molar refractivity (Wildman–Crippen MR) is 118 cm³/mol. The van der Waals surface area contributed by atoms with Gasteiger partial charge in [0.2, 0.25) is 5.91 Å². The van der Waals surface area contributed by atoms with E-state index < -0.39 is 10.8 Å². The Morgan fingerprint density at radius 3 is 2.63 bits per heavy atom. The quantitative estimate of drug-likeness (QED) is 0.660. The van der Waals surface area contributed by atoms with E-state index in [-0.39, 0.29) is 18.4 Å². The fraction of sp³-hybridized carbons (Fsp3) is 0.227. The van der Waals surface area contributed by atoms with Gasteiger partial charge in [-0.25, -0.2) is 5.01 Å². The number of carbonyl (C=O) groups excluding carboxylic acids is 2. The second-order valence-corrected chi connectivity index (χ2v) is 8.63. The number of hydrogen-bond acceptors (Lipinski definition) is 4. The van der Waals surface area contributed by atoms with E-state index in [0.717, 1.165) is 16.5 Å². The Kier molecular flexibility index (Phi) is 5.76. The van der Waals surface area contributed by atoms with Gasteiger partial charge in [-0.2, -0.15) is 5.10 Å². The lowest BCUT2D eigenvalue weighted by molar-refractivity contribution is -0.121. The number of rotatable bonds is 6. The summed E-state index contributed by atoms with van der Waals surface area (Å²) in [6, 6.07) is 19.3. The number of fused-ring (bicyclic) bond motifs is 3. The summed E-state index contributed by atoms with van der Waals surface area (Å²) < 4.78 is 13.2. The van der Waals surface area contributed by atoms with Crippen LogP contribution in [0.4, 0.5) is 0 Å². The summed E-state index contributed by atoms with van der Waals surface area (Å²) in [4.78, 5) is 25.7. The molecule has 30 heavy (non-hydrogen) atoms. The second kappa shape index (κ2) is 8.62. The van der Waals surface area contributed by atoms with E-state index in [2.05, 4.69) is 10.4 Å². The molecular formula is C22H22N4O3S. The number of para-hydroxylation sites is 1. The Morgan fingerprint density at radius 2 is 1.87 bits per heavy atom. The van der Waals surface area contributed by atoms with Gasteiger partial charge >= 0.3 is 0 Å². The van der Waals surface area contributed by atoms with E-state index in [9.17, 15) is 13.8 Å². The monoisotopic (exact) mass is 422 g/mol. The number of hydrazone groups is 1. The van der Waals surface area contributed by atoms with Crippen LogP contribution in [-0.4, -0.2) is 56.4 Å². The first-order valence-corrected chi connectivity index (χ1v) is 11.4. The topological polar surface area (TPSA) is 83.8 Å². The zero-order valence-corrected chi connectivity index (χ0v) is 17.4. The molecule has 2 amide bonds. The van der Waals surface area contributed by atoms with Crippen molar-refractivity contribution in [2.75, 3.05) is 25.1 Å². The Labute approximate surface area is 176 Å². The van der Waals surface area contributed by atoms with Gasteiger partial charge in [-0.15, -0.1) is 0 Å². The van der Waals surface area contributed by atoms with Crippen molar-refractivity contribution in [1.29, 1.82) is 0 Å². The van der Waals surface area contributed by atoms with Crippen molar-refractivity contribution in [2.45, 2.75) is 6.54 Å². The van der Waals surface area contributed by atoms with Crippen LogP contribution < -0.4 is 5.32 Å². The lowest BCUT2D eigenvalue weighted by Gasteiger charge is -2.16. The van der Waals surface area contributed by atoms with Gasteiger partial charge < -0.3 is 9.88 Å². The van der Waals surface area contributed by atoms with E-state index in [1.807, 2.05) is 65.2 Å². The Bertz CT molecular complexity index is 1150. The first-order chi connectivity index (χ1) is 14.5. The third kappa shape index (κ3) is 4.18. The van der Waals surface area contributed by atoms with Gasteiger partial charge in [0.25, 0.3) is 5.91 Å². The van der Waals surface area contributed by atoms with Crippen molar-refractivity contribution in [3.8, 4) is 0 Å². The molecule has 2 aromatic carbocycles. The molecular weight excluding hydrogens is 400 g/mol. The van der Waals surface area contributed by atoms with Crippen LogP contribution in [0.1, 0.15) is 16.1 Å². The van der Waals surface area contributed by atoms with E-state index in [1.165, 1.54) is 5.01 Å². The molecule has 154 valence electrons. The summed E-state index contributed by atoms with van der Waals surface area (Å²) in [5.41, 5.74) is 3.03. The minimum Gasteiger partial charge on any atom is -0.354 e. The number of nitrogens with zero attached hydrogens (tertiary/aromatic N) is 3. The number of carbonyl (C=O) groups is 2. The van der Waals surface area contributed by atoms with Crippen LogP contribution >= 0.6 is 0 Å². The third-order valence-electron chi connectivity index (χ3n) is 4.93. The molecule has 3 aromatic rings. The average Bonchev–Trinajstić information content (AvgIpc) is 3.04. The standard InChI is InChI=1S/C22H22N4O3S/c1-30(29)12-11-23-21(27)15-26-22(28)20-13-17-9-5-6-10-19(17)25(20)14-18(24-26)16-7-3-2-4-8-16/h2-10,13H,11-12,14-15H2,1H3,(H,23,27)/t30-/m0/s1. The fourth-order valence-electron chi connectivity index (χ4n) is 3.48. The van der Waals surface area contributed by atoms with E-state index >= 15 is 0 Å². The molecule has 1 N–H and O–H groups in total. The van der Waals surface area contributed by atoms with E-state index in [4.69, 9.17) is 0 Å². The molecule has 0 unspecified atom stereocenters. The molecule has 1 aromatic heterocycles. The van der Waals surface area contributed by atoms with Crippen LogP contribution in [0.25, 0.3) is 10.9 Å². The molecule has 0 saturated carbocycles. The van der Waals surface area contributed by atoms with Crippen molar-refractivity contribution in [1.82, 2.24) is 14.9 Å². The third-order valence-corrected chi connectivity index (χ3v) is 5.70. The smallest absolute Gasteiger partial charge is 0.291 e. The lowest BCUT2D eigenvalue weighted by atomic mass is 10.1. The van der Waals surface area contributed by atoms with Crippen LogP contribution in [0.2, 0.25) is 0 Å². The molecule has 0 fully saturated rings. The zero-order valence-electron chi connectivity index (χ0n) is 16.6. The molecule has 0 aliphatic carbocycles. The van der Waals surface area contributed by atoms with Crippen LogP contribution in [0.15, 0.2) is 65.8 Å². The number of hydrogen-bond donors (Lipinski definition) is 1. The van der Waals surface area contributed by atoms with Gasteiger partial charge in [0.05, 0.1) is 12.3 Å². The highest BCUT2D eigenvalue weighted by molar-refractivity contribution is 7.84. The molecule has 0 spiro atoms. The Morgan fingerprint density at radius 1 is 1.13 bits per heavy atom. The minimum absolute atomic E-state index is 0.201. The number of aromatic nitrogens is 1. The highest BCUT2D eigenvalue weighted by atomic mass is 32.2. The molecule has 1 atom stereocenters. The summed E-state index contributed by atoms with van der Waals surface area (Å²) in [6.07, 6.45) is 1.58. The zero-order chi connectivity index (χ0) is 21.1. The van der Waals surface area contributed by atoms with Crippen LogP contribution in [-0.2, 0) is 22.1 Å². The second-order valence-electron chi connectivity index (χ2n) is 7.08. The van der Waals surface area contributed by atoms with Crippen LogP contribution in [0.3, 0.4) is 0 Å². The summed E-state index contributed by atoms with van der Waals surface area (Å²) in [5, 5.41) is 9.45. The maximum absolute atomic E-state index is 13.3. The number of amides is 2. The summed E-state index contributed by atoms with van der Waals surface area (Å²) in [7, 11) is -0.994. The van der Waals surface area contributed by atoms with E-state index in [1.54, 1.807) is 6.26 Å². The normalized spacial score (nSPS) is 14.8. The Balaban J connectivity index is 1.70. The number of benzene rings is 2. The maximum atomic E-state index is 13.3. The molecule has 0 saturated heterocycles. The van der Waals surface area contributed by atoms with Crippen molar-refractivity contribution < 1.29 is 13.8 Å². The molecule has 0 bridgehead atoms. The highest BCUT2D eigenvalue weighted by Crippen LogP contribution is 2.24. The summed E-state index contributed by atoms with van der Waals surface area (Å²) in [5.74, 6) is -0.298. The van der Waals surface area contributed by atoms with Gasteiger partial charge in [0.1, 0.15) is 12.2 Å². The molecule has 1 aliphatic heterocycles. The van der Waals surface area contributed by atoms with Crippen LogP contribution in [0, 0.1) is 0 Å². The Hall–Kier alpha value is -3.26.